The van der Waals surface area contributed by atoms with Crippen LogP contribution < -0.4 is 20.1 Å². The van der Waals surface area contributed by atoms with Crippen LogP contribution in [-0.4, -0.2) is 140 Å². The summed E-state index contributed by atoms with van der Waals surface area (Å²) in [6.45, 7) is 1.46. The van der Waals surface area contributed by atoms with Crippen molar-refractivity contribution in [1.82, 2.24) is 30.5 Å². The molecule has 3 N–H and O–H groups in total. The Morgan fingerprint density at radius 3 is 1.83 bits per heavy atom. The molecule has 1 aromatic heterocycles. The van der Waals surface area contributed by atoms with Gasteiger partial charge in [-0.3, -0.25) is 33.7 Å². The molecule has 3 aromatic carbocycles. The van der Waals surface area contributed by atoms with Crippen molar-refractivity contribution >= 4 is 35.5 Å². The van der Waals surface area contributed by atoms with E-state index < -0.39 is 41.7 Å². The summed E-state index contributed by atoms with van der Waals surface area (Å²) in [6.07, 6.45) is 5.64. The van der Waals surface area contributed by atoms with Gasteiger partial charge in [-0.15, -0.1) is 5.10 Å². The number of hydrogen-bond acceptors (Lipinski definition) is 16. The Labute approximate surface area is 415 Å². The fourth-order valence-corrected chi connectivity index (χ4v) is 7.96. The first-order valence-electron chi connectivity index (χ1n) is 23.9. The number of aryl methyl sites for hydroxylation is 1. The number of carbonyl (C=O) groups is 6. The molecule has 0 saturated carbocycles. The monoisotopic (exact) mass is 987 g/mol. The second-order valence-electron chi connectivity index (χ2n) is 17.0. The van der Waals surface area contributed by atoms with Crippen LogP contribution in [0.25, 0.3) is 0 Å². The lowest BCUT2D eigenvalue weighted by atomic mass is 9.80. The molecular formula is C52H70N6O13. The van der Waals surface area contributed by atoms with Crippen molar-refractivity contribution in [3.05, 3.63) is 107 Å². The van der Waals surface area contributed by atoms with Crippen molar-refractivity contribution in [2.75, 3.05) is 61.8 Å². The van der Waals surface area contributed by atoms with E-state index in [4.69, 9.17) is 28.4 Å². The van der Waals surface area contributed by atoms with E-state index in [1.165, 1.54) is 30.9 Å². The first kappa shape index (κ1) is 56.9. The number of esters is 3. The van der Waals surface area contributed by atoms with Gasteiger partial charge in [-0.25, -0.2) is 4.68 Å². The molecule has 1 heterocycles. The van der Waals surface area contributed by atoms with Crippen molar-refractivity contribution in [1.29, 1.82) is 0 Å². The molecule has 386 valence electrons. The number of aliphatic hydroxyl groups is 1. The van der Waals surface area contributed by atoms with Crippen molar-refractivity contribution in [3.63, 3.8) is 0 Å². The molecule has 0 unspecified atom stereocenters. The van der Waals surface area contributed by atoms with Gasteiger partial charge in [0.1, 0.15) is 29.7 Å². The lowest BCUT2D eigenvalue weighted by Crippen LogP contribution is -2.47. The van der Waals surface area contributed by atoms with Crippen molar-refractivity contribution in [2.45, 2.75) is 108 Å². The van der Waals surface area contributed by atoms with Crippen LogP contribution in [0.1, 0.15) is 93.5 Å². The smallest absolute Gasteiger partial charge is 0.323 e. The van der Waals surface area contributed by atoms with E-state index in [2.05, 4.69) is 20.9 Å². The summed E-state index contributed by atoms with van der Waals surface area (Å²) in [5, 5.41) is 24.9. The van der Waals surface area contributed by atoms with Crippen LogP contribution in [0.5, 0.6) is 11.5 Å². The van der Waals surface area contributed by atoms with Crippen LogP contribution in [0.15, 0.2) is 85.1 Å². The largest absolute Gasteiger partial charge is 0.497 e. The second-order valence-corrected chi connectivity index (χ2v) is 17.0. The van der Waals surface area contributed by atoms with Gasteiger partial charge >= 0.3 is 17.9 Å². The molecule has 0 fully saturated rings. The Morgan fingerprint density at radius 2 is 1.27 bits per heavy atom. The third-order valence-corrected chi connectivity index (χ3v) is 12.0. The normalized spacial score (nSPS) is 12.6. The van der Waals surface area contributed by atoms with Crippen molar-refractivity contribution < 1.29 is 62.3 Å². The van der Waals surface area contributed by atoms with Crippen molar-refractivity contribution in [2.24, 2.45) is 0 Å². The highest BCUT2D eigenvalue weighted by Crippen LogP contribution is 2.42. The summed E-state index contributed by atoms with van der Waals surface area (Å²) < 4.78 is 33.6. The zero-order valence-electron chi connectivity index (χ0n) is 41.8. The number of unbranched alkanes of at least 4 members (excludes halogenated alkanes) is 4. The van der Waals surface area contributed by atoms with Crippen LogP contribution in [0, 0.1) is 0 Å². The minimum atomic E-state index is -1.12. The lowest BCUT2D eigenvalue weighted by molar-refractivity contribution is -0.153. The van der Waals surface area contributed by atoms with Crippen LogP contribution in [-0.2, 0) is 66.3 Å². The van der Waals surface area contributed by atoms with E-state index in [-0.39, 0.29) is 69.5 Å². The number of amides is 2. The molecule has 2 amide bonds. The van der Waals surface area contributed by atoms with Crippen LogP contribution in [0.4, 0.5) is 0 Å². The number of benzene rings is 3. The average Bonchev–Trinajstić information content (AvgIpc) is 3.84. The SMILES string of the molecule is COC(=O)CN(CC(=O)OC)[C@@H](CCCCCC(=O)Cn1cc(CCC(=O)NCCCCCC(=O)N[C@H](COC(c2ccccc2)(c2ccc(OC)cc2)c2ccc(OC)cc2)[C@@H](C)O)nn1)C(=O)OC. The first-order valence-corrected chi connectivity index (χ1v) is 23.9. The third-order valence-electron chi connectivity index (χ3n) is 12.0. The molecule has 19 nitrogen and oxygen atoms in total. The molecule has 0 radical (unpaired) electrons. The number of ketones is 1. The molecule has 0 aliphatic rings. The molecule has 0 aliphatic heterocycles. The van der Waals surface area contributed by atoms with Gasteiger partial charge in [0.05, 0.1) is 73.1 Å². The van der Waals surface area contributed by atoms with Crippen LogP contribution >= 0.6 is 0 Å². The number of rotatable bonds is 33. The first-order chi connectivity index (χ1) is 34.3. The van der Waals surface area contributed by atoms with E-state index in [0.717, 1.165) is 16.7 Å². The average molecular weight is 987 g/mol. The zero-order chi connectivity index (χ0) is 51.6. The highest BCUT2D eigenvalue weighted by atomic mass is 16.5. The summed E-state index contributed by atoms with van der Waals surface area (Å²) >= 11 is 0. The molecule has 3 atom stereocenters. The predicted molar refractivity (Wildman–Crippen MR) is 261 cm³/mol. The summed E-state index contributed by atoms with van der Waals surface area (Å²) in [4.78, 5) is 76.3. The van der Waals surface area contributed by atoms with Gasteiger partial charge in [-0.1, -0.05) is 79.1 Å². The fourth-order valence-electron chi connectivity index (χ4n) is 7.96. The Bertz CT molecular complexity index is 2210. The number of ether oxygens (including phenoxy) is 6. The molecule has 0 saturated heterocycles. The quantitative estimate of drug-likeness (QED) is 0.0258. The van der Waals surface area contributed by atoms with E-state index in [9.17, 15) is 33.9 Å². The standard InChI is InChI=1S/C52H70N6O13/c1-37(59)45(36-71-52(38-16-10-7-11-17-38,39-21-26-43(66-2)27-22-39)40-23-28-44(67-3)29-24-40)54-48(62)20-14-9-15-31-53-47(61)30-25-41-32-58(56-55-41)33-42(60)18-12-8-13-19-46(51(65)70-6)57(34-49(63)68-4)35-50(64)69-5/h7,10-11,16-17,21-24,26-29,32,37,45-46,59H,8-9,12-15,18-20,25,30-31,33-36H2,1-6H3,(H,53,61)(H,54,62)/t37-,45-,46+/m1/s1. The molecule has 19 heteroatoms. The van der Waals surface area contributed by atoms with Gasteiger partial charge in [0, 0.05) is 38.4 Å². The Balaban J connectivity index is 1.17. The topological polar surface area (TPSA) is 236 Å². The predicted octanol–water partition coefficient (Wildman–Crippen LogP) is 4.49. The third kappa shape index (κ3) is 18.2. The van der Waals surface area contributed by atoms with Gasteiger partial charge in [0.25, 0.3) is 0 Å². The summed E-state index contributed by atoms with van der Waals surface area (Å²) in [5.41, 5.74) is 1.96. The summed E-state index contributed by atoms with van der Waals surface area (Å²) in [6, 6.07) is 23.4. The maximum absolute atomic E-state index is 13.2. The summed E-state index contributed by atoms with van der Waals surface area (Å²) in [5.74, 6) is -0.909. The Hall–Kier alpha value is -6.70. The molecule has 4 rings (SSSR count). The molecule has 4 aromatic rings. The van der Waals surface area contributed by atoms with Crippen LogP contribution in [0.2, 0.25) is 0 Å². The number of nitrogens with zero attached hydrogens (tertiary/aromatic N) is 4. The second kappa shape index (κ2) is 30.1. The number of Topliss-reactive ketones (excluding diaryl/α,β-unsaturated/α-hetero) is 1. The van der Waals surface area contributed by atoms with E-state index in [1.807, 2.05) is 78.9 Å². The fraction of sp³-hybridized carbons (Fsp3) is 0.500. The maximum Gasteiger partial charge on any atom is 0.323 e. The van der Waals surface area contributed by atoms with E-state index in [0.29, 0.717) is 68.7 Å². The zero-order valence-corrected chi connectivity index (χ0v) is 41.8. The number of aromatic nitrogens is 3. The minimum absolute atomic E-state index is 0.00871. The maximum atomic E-state index is 13.2. The van der Waals surface area contributed by atoms with E-state index in [1.54, 1.807) is 27.3 Å². The highest BCUT2D eigenvalue weighted by molar-refractivity contribution is 5.80. The number of carbonyl (C=O) groups excluding carboxylic acids is 6. The molecule has 71 heavy (non-hydrogen) atoms. The summed E-state index contributed by atoms with van der Waals surface area (Å²) in [7, 11) is 6.86. The Morgan fingerprint density at radius 1 is 0.690 bits per heavy atom. The van der Waals surface area contributed by atoms with Gasteiger partial charge in [-0.2, -0.15) is 0 Å². The van der Waals surface area contributed by atoms with Crippen molar-refractivity contribution in [3.8, 4) is 11.5 Å². The highest BCUT2D eigenvalue weighted by Gasteiger charge is 2.39. The number of hydrogen-bond donors (Lipinski definition) is 3. The Kier molecular flexibility index (Phi) is 24.1. The number of methoxy groups -OCH3 is 5. The number of aliphatic hydroxyl groups excluding tert-OH is 1. The van der Waals surface area contributed by atoms with Crippen LogP contribution in [0.3, 0.4) is 0 Å². The molecule has 0 aliphatic carbocycles. The van der Waals surface area contributed by atoms with E-state index >= 15 is 0 Å². The molecular weight excluding hydrogens is 917 g/mol. The number of nitrogens with one attached hydrogen (secondary N) is 2. The minimum Gasteiger partial charge on any atom is -0.497 e. The van der Waals surface area contributed by atoms with Gasteiger partial charge in [0.15, 0.2) is 5.78 Å². The van der Waals surface area contributed by atoms with Gasteiger partial charge < -0.3 is 44.2 Å². The lowest BCUT2D eigenvalue weighted by Gasteiger charge is -2.37. The van der Waals surface area contributed by atoms with Gasteiger partial charge in [-0.05, 0) is 73.6 Å². The molecule has 0 bridgehead atoms. The van der Waals surface area contributed by atoms with Gasteiger partial charge in [0.2, 0.25) is 11.8 Å². The molecule has 0 spiro atoms.